The minimum atomic E-state index is -0.110. The first-order valence-electron chi connectivity index (χ1n) is 5.78. The van der Waals surface area contributed by atoms with E-state index in [2.05, 4.69) is 31.9 Å². The predicted octanol–water partition coefficient (Wildman–Crippen LogP) is 4.46. The normalized spacial score (nSPS) is 10.2. The van der Waals surface area contributed by atoms with Crippen LogP contribution in [0.4, 0.5) is 0 Å². The summed E-state index contributed by atoms with van der Waals surface area (Å²) in [6.45, 7) is 0. The zero-order valence-electron chi connectivity index (χ0n) is 10.9. The number of carbonyl (C=O) groups excluding carboxylic acids is 1. The van der Waals surface area contributed by atoms with E-state index in [9.17, 15) is 4.79 Å². The van der Waals surface area contributed by atoms with Crippen LogP contribution >= 0.6 is 31.9 Å². The summed E-state index contributed by atoms with van der Waals surface area (Å²) in [5.41, 5.74) is 1.08. The molecule has 0 bridgehead atoms. The summed E-state index contributed by atoms with van der Waals surface area (Å²) in [6, 6.07) is 10.6. The number of benzene rings is 2. The fourth-order valence-corrected chi connectivity index (χ4v) is 2.61. The Labute approximate surface area is 134 Å². The van der Waals surface area contributed by atoms with Crippen molar-refractivity contribution in [2.24, 2.45) is 0 Å². The van der Waals surface area contributed by atoms with E-state index in [1.807, 2.05) is 0 Å². The molecule has 3 nitrogen and oxygen atoms in total. The Kier molecular flexibility index (Phi) is 4.83. The van der Waals surface area contributed by atoms with Gasteiger partial charge in [0.1, 0.15) is 11.5 Å². The SMILES string of the molecule is COc1ccc(Br)c(C(=O)c2cc(OC)ccc2Br)c1. The van der Waals surface area contributed by atoms with E-state index in [4.69, 9.17) is 9.47 Å². The number of hydrogen-bond donors (Lipinski definition) is 0. The van der Waals surface area contributed by atoms with Crippen LogP contribution in [0.3, 0.4) is 0 Å². The van der Waals surface area contributed by atoms with Gasteiger partial charge in [-0.15, -0.1) is 0 Å². The molecule has 0 spiro atoms. The van der Waals surface area contributed by atoms with Crippen molar-refractivity contribution < 1.29 is 14.3 Å². The molecular formula is C15H12Br2O3. The van der Waals surface area contributed by atoms with Gasteiger partial charge in [0, 0.05) is 20.1 Å². The fraction of sp³-hybridized carbons (Fsp3) is 0.133. The minimum Gasteiger partial charge on any atom is -0.497 e. The van der Waals surface area contributed by atoms with E-state index in [0.717, 1.165) is 8.95 Å². The molecule has 0 fully saturated rings. The Hall–Kier alpha value is -1.33. The highest BCUT2D eigenvalue weighted by Gasteiger charge is 2.17. The molecule has 2 rings (SSSR count). The van der Waals surface area contributed by atoms with E-state index in [1.165, 1.54) is 0 Å². The molecule has 0 aromatic heterocycles. The van der Waals surface area contributed by atoms with E-state index in [1.54, 1.807) is 50.6 Å². The van der Waals surface area contributed by atoms with Crippen LogP contribution in [0.1, 0.15) is 15.9 Å². The van der Waals surface area contributed by atoms with Crippen LogP contribution in [0.2, 0.25) is 0 Å². The summed E-state index contributed by atoms with van der Waals surface area (Å²) in [4.78, 5) is 12.7. The molecule has 0 radical (unpaired) electrons. The second-order valence-electron chi connectivity index (χ2n) is 4.02. The molecule has 104 valence electrons. The average molecular weight is 400 g/mol. The summed E-state index contributed by atoms with van der Waals surface area (Å²) < 4.78 is 11.8. The third kappa shape index (κ3) is 3.04. The fourth-order valence-electron chi connectivity index (χ4n) is 1.76. The highest BCUT2D eigenvalue weighted by molar-refractivity contribution is 9.11. The molecular weight excluding hydrogens is 388 g/mol. The smallest absolute Gasteiger partial charge is 0.195 e. The molecule has 20 heavy (non-hydrogen) atoms. The van der Waals surface area contributed by atoms with E-state index < -0.39 is 0 Å². The van der Waals surface area contributed by atoms with Crippen molar-refractivity contribution in [1.82, 2.24) is 0 Å². The van der Waals surface area contributed by atoms with Gasteiger partial charge >= 0.3 is 0 Å². The number of halogens is 2. The predicted molar refractivity (Wildman–Crippen MR) is 84.8 cm³/mol. The Morgan fingerprint density at radius 2 is 1.25 bits per heavy atom. The second-order valence-corrected chi connectivity index (χ2v) is 5.73. The lowest BCUT2D eigenvalue weighted by Crippen LogP contribution is -2.04. The molecule has 0 aliphatic rings. The molecule has 0 saturated carbocycles. The van der Waals surface area contributed by atoms with Gasteiger partial charge in [0.15, 0.2) is 5.78 Å². The third-order valence-electron chi connectivity index (χ3n) is 2.84. The minimum absolute atomic E-state index is 0.110. The van der Waals surface area contributed by atoms with Gasteiger partial charge in [-0.2, -0.15) is 0 Å². The molecule has 0 unspecified atom stereocenters. The summed E-state index contributed by atoms with van der Waals surface area (Å²) in [6.07, 6.45) is 0. The van der Waals surface area contributed by atoms with Crippen LogP contribution in [-0.4, -0.2) is 20.0 Å². The number of methoxy groups -OCH3 is 2. The highest BCUT2D eigenvalue weighted by Crippen LogP contribution is 2.29. The van der Waals surface area contributed by atoms with Crippen molar-refractivity contribution in [2.45, 2.75) is 0 Å². The van der Waals surface area contributed by atoms with Gasteiger partial charge in [0.25, 0.3) is 0 Å². The molecule has 0 amide bonds. The van der Waals surface area contributed by atoms with E-state index in [-0.39, 0.29) is 5.78 Å². The summed E-state index contributed by atoms with van der Waals surface area (Å²) in [5, 5.41) is 0. The van der Waals surface area contributed by atoms with Gasteiger partial charge in [-0.05, 0) is 36.4 Å². The summed E-state index contributed by atoms with van der Waals surface area (Å²) in [7, 11) is 3.14. The Morgan fingerprint density at radius 3 is 1.60 bits per heavy atom. The number of rotatable bonds is 4. The topological polar surface area (TPSA) is 35.5 Å². The van der Waals surface area contributed by atoms with Crippen LogP contribution in [0.15, 0.2) is 45.3 Å². The highest BCUT2D eigenvalue weighted by atomic mass is 79.9. The Morgan fingerprint density at radius 1 is 0.850 bits per heavy atom. The van der Waals surface area contributed by atoms with Crippen LogP contribution in [0.25, 0.3) is 0 Å². The maximum atomic E-state index is 12.7. The van der Waals surface area contributed by atoms with Crippen molar-refractivity contribution in [3.8, 4) is 11.5 Å². The van der Waals surface area contributed by atoms with Gasteiger partial charge in [-0.1, -0.05) is 31.9 Å². The number of hydrogen-bond acceptors (Lipinski definition) is 3. The van der Waals surface area contributed by atoms with Crippen molar-refractivity contribution in [3.05, 3.63) is 56.5 Å². The van der Waals surface area contributed by atoms with Crippen LogP contribution in [-0.2, 0) is 0 Å². The summed E-state index contributed by atoms with van der Waals surface area (Å²) in [5.74, 6) is 1.16. The van der Waals surface area contributed by atoms with E-state index >= 15 is 0 Å². The molecule has 5 heteroatoms. The lowest BCUT2D eigenvalue weighted by molar-refractivity contribution is 0.103. The van der Waals surface area contributed by atoms with Crippen LogP contribution in [0.5, 0.6) is 11.5 Å². The number of ketones is 1. The van der Waals surface area contributed by atoms with Crippen molar-refractivity contribution in [1.29, 1.82) is 0 Å². The van der Waals surface area contributed by atoms with Gasteiger partial charge in [-0.3, -0.25) is 4.79 Å². The van der Waals surface area contributed by atoms with Gasteiger partial charge in [-0.25, -0.2) is 0 Å². The second kappa shape index (κ2) is 6.41. The number of ether oxygens (including phenoxy) is 2. The van der Waals surface area contributed by atoms with Gasteiger partial charge < -0.3 is 9.47 Å². The van der Waals surface area contributed by atoms with Crippen LogP contribution < -0.4 is 9.47 Å². The van der Waals surface area contributed by atoms with Crippen molar-refractivity contribution >= 4 is 37.6 Å². The standard InChI is InChI=1S/C15H12Br2O3/c1-19-9-3-5-13(16)11(7-9)15(18)12-8-10(20-2)4-6-14(12)17/h3-8H,1-2H3. The molecule has 0 aliphatic heterocycles. The largest absolute Gasteiger partial charge is 0.497 e. The first kappa shape index (κ1) is 15.1. The van der Waals surface area contributed by atoms with E-state index in [0.29, 0.717) is 22.6 Å². The molecule has 0 N–H and O–H groups in total. The number of carbonyl (C=O) groups is 1. The van der Waals surface area contributed by atoms with Crippen LogP contribution in [0, 0.1) is 0 Å². The quantitative estimate of drug-likeness (QED) is 0.712. The lowest BCUT2D eigenvalue weighted by atomic mass is 10.0. The Bertz CT molecular complexity index is 598. The monoisotopic (exact) mass is 398 g/mol. The molecule has 0 saturated heterocycles. The first-order chi connectivity index (χ1) is 9.56. The molecule has 2 aromatic carbocycles. The first-order valence-corrected chi connectivity index (χ1v) is 7.37. The van der Waals surface area contributed by atoms with Crippen molar-refractivity contribution in [2.75, 3.05) is 14.2 Å². The van der Waals surface area contributed by atoms with Gasteiger partial charge in [0.05, 0.1) is 14.2 Å². The lowest BCUT2D eigenvalue weighted by Gasteiger charge is -2.09. The maximum absolute atomic E-state index is 12.7. The molecule has 0 heterocycles. The zero-order valence-corrected chi connectivity index (χ0v) is 14.1. The zero-order chi connectivity index (χ0) is 14.7. The molecule has 0 aliphatic carbocycles. The van der Waals surface area contributed by atoms with Crippen molar-refractivity contribution in [3.63, 3.8) is 0 Å². The molecule has 2 aromatic rings. The Balaban J connectivity index is 2.51. The van der Waals surface area contributed by atoms with Gasteiger partial charge in [0.2, 0.25) is 0 Å². The summed E-state index contributed by atoms with van der Waals surface area (Å²) >= 11 is 6.79. The molecule has 0 atom stereocenters. The maximum Gasteiger partial charge on any atom is 0.195 e. The third-order valence-corrected chi connectivity index (χ3v) is 4.22. The average Bonchev–Trinajstić information content (AvgIpc) is 2.47.